The van der Waals surface area contributed by atoms with Gasteiger partial charge in [-0.1, -0.05) is 11.6 Å². The maximum absolute atomic E-state index is 12.3. The Labute approximate surface area is 95.9 Å². The minimum atomic E-state index is -2.54. The number of nitrogens with zero attached hydrogens (tertiary/aromatic N) is 3. The summed E-state index contributed by atoms with van der Waals surface area (Å²) in [5.74, 6) is 0.0755. The predicted octanol–water partition coefficient (Wildman–Crippen LogP) is 0.776. The van der Waals surface area contributed by atoms with Crippen LogP contribution < -0.4 is 10.6 Å². The van der Waals surface area contributed by atoms with Crippen molar-refractivity contribution in [3.8, 4) is 0 Å². The van der Waals surface area contributed by atoms with E-state index in [1.807, 2.05) is 0 Å². The van der Waals surface area contributed by atoms with Crippen molar-refractivity contribution in [1.29, 1.82) is 0 Å². The second kappa shape index (κ2) is 5.76. The van der Waals surface area contributed by atoms with Crippen LogP contribution in [0.4, 0.5) is 20.5 Å². The molecule has 0 aliphatic rings. The Morgan fingerprint density at radius 1 is 1.50 bits per heavy atom. The van der Waals surface area contributed by atoms with Crippen molar-refractivity contribution in [2.24, 2.45) is 0 Å². The first-order valence-electron chi connectivity index (χ1n) is 4.47. The first-order valence-corrected chi connectivity index (χ1v) is 4.84. The van der Waals surface area contributed by atoms with Crippen LogP contribution in [0, 0.1) is 0 Å². The van der Waals surface area contributed by atoms with E-state index < -0.39 is 13.0 Å². The molecule has 0 bridgehead atoms. The average molecular weight is 253 g/mol. The standard InChI is InChI=1S/C8H11ClF2N4O/c9-5-3-7(14-8(12)13-5)15(1-2-16)4-6(10)11/h3,6,16H,1-2,4H2,(H2,12,13,14). The highest BCUT2D eigenvalue weighted by molar-refractivity contribution is 6.29. The normalized spacial score (nSPS) is 10.8. The van der Waals surface area contributed by atoms with Crippen LogP contribution in [0.2, 0.25) is 5.15 Å². The van der Waals surface area contributed by atoms with Gasteiger partial charge < -0.3 is 15.7 Å². The monoisotopic (exact) mass is 252 g/mol. The molecule has 0 fully saturated rings. The Bertz CT molecular complexity index is 333. The predicted molar refractivity (Wildman–Crippen MR) is 56.8 cm³/mol. The number of aliphatic hydroxyl groups is 1. The second-order valence-electron chi connectivity index (χ2n) is 2.97. The number of aliphatic hydroxyl groups excluding tert-OH is 1. The van der Waals surface area contributed by atoms with E-state index in [9.17, 15) is 8.78 Å². The molecule has 0 spiro atoms. The number of alkyl halides is 2. The zero-order valence-electron chi connectivity index (χ0n) is 8.28. The molecule has 5 nitrogen and oxygen atoms in total. The van der Waals surface area contributed by atoms with Gasteiger partial charge in [0.15, 0.2) is 0 Å². The van der Waals surface area contributed by atoms with Crippen molar-refractivity contribution in [1.82, 2.24) is 9.97 Å². The number of nitrogen functional groups attached to an aromatic ring is 1. The van der Waals surface area contributed by atoms with E-state index in [2.05, 4.69) is 9.97 Å². The summed E-state index contributed by atoms with van der Waals surface area (Å²) in [6.07, 6.45) is -2.54. The van der Waals surface area contributed by atoms with E-state index in [4.69, 9.17) is 22.4 Å². The van der Waals surface area contributed by atoms with E-state index in [1.165, 1.54) is 11.0 Å². The largest absolute Gasteiger partial charge is 0.395 e. The molecule has 0 saturated carbocycles. The van der Waals surface area contributed by atoms with Crippen molar-refractivity contribution in [3.63, 3.8) is 0 Å². The molecule has 0 atom stereocenters. The van der Waals surface area contributed by atoms with Crippen LogP contribution in [0.1, 0.15) is 0 Å². The molecule has 0 amide bonds. The molecule has 90 valence electrons. The van der Waals surface area contributed by atoms with Gasteiger partial charge >= 0.3 is 0 Å². The summed E-state index contributed by atoms with van der Waals surface area (Å²) in [4.78, 5) is 8.57. The van der Waals surface area contributed by atoms with Crippen LogP contribution in [0.15, 0.2) is 6.07 Å². The first kappa shape index (κ1) is 12.9. The minimum absolute atomic E-state index is 0.0249. The topological polar surface area (TPSA) is 75.3 Å². The molecular formula is C8H11ClF2N4O. The smallest absolute Gasteiger partial charge is 0.255 e. The fourth-order valence-corrected chi connectivity index (χ4v) is 1.36. The highest BCUT2D eigenvalue weighted by Gasteiger charge is 2.14. The van der Waals surface area contributed by atoms with Crippen molar-refractivity contribution in [2.75, 3.05) is 30.3 Å². The Hall–Kier alpha value is -1.21. The van der Waals surface area contributed by atoms with Crippen molar-refractivity contribution in [3.05, 3.63) is 11.2 Å². The molecule has 16 heavy (non-hydrogen) atoms. The van der Waals surface area contributed by atoms with Gasteiger partial charge in [0.05, 0.1) is 13.2 Å². The van der Waals surface area contributed by atoms with E-state index in [-0.39, 0.29) is 30.1 Å². The molecule has 8 heteroatoms. The molecule has 1 aromatic rings. The molecule has 0 radical (unpaired) electrons. The Balaban J connectivity index is 2.90. The Morgan fingerprint density at radius 3 is 2.69 bits per heavy atom. The van der Waals surface area contributed by atoms with E-state index >= 15 is 0 Å². The van der Waals surface area contributed by atoms with Gasteiger partial charge in [-0.3, -0.25) is 0 Å². The summed E-state index contributed by atoms with van der Waals surface area (Å²) in [5, 5.41) is 8.82. The molecule has 0 unspecified atom stereocenters. The zero-order valence-corrected chi connectivity index (χ0v) is 9.03. The summed E-state index contributed by atoms with van der Waals surface area (Å²) in [5.41, 5.74) is 5.34. The number of hydrogen-bond acceptors (Lipinski definition) is 5. The van der Waals surface area contributed by atoms with Crippen LogP contribution in [0.3, 0.4) is 0 Å². The fraction of sp³-hybridized carbons (Fsp3) is 0.500. The van der Waals surface area contributed by atoms with Crippen LogP contribution in [-0.2, 0) is 0 Å². The van der Waals surface area contributed by atoms with Crippen molar-refractivity contribution in [2.45, 2.75) is 6.43 Å². The van der Waals surface area contributed by atoms with Gasteiger partial charge in [0.1, 0.15) is 11.0 Å². The quantitative estimate of drug-likeness (QED) is 0.758. The lowest BCUT2D eigenvalue weighted by molar-refractivity contribution is 0.152. The average Bonchev–Trinajstić information content (AvgIpc) is 2.14. The van der Waals surface area contributed by atoms with Gasteiger partial charge in [-0.25, -0.2) is 13.8 Å². The SMILES string of the molecule is Nc1nc(Cl)cc(N(CCO)CC(F)F)n1. The maximum atomic E-state index is 12.3. The molecular weight excluding hydrogens is 242 g/mol. The first-order chi connectivity index (χ1) is 7.52. The summed E-state index contributed by atoms with van der Waals surface area (Å²) >= 11 is 5.62. The molecule has 1 aromatic heterocycles. The number of anilines is 2. The third-order valence-electron chi connectivity index (χ3n) is 1.75. The Kier molecular flexibility index (Phi) is 4.63. The Morgan fingerprint density at radius 2 is 2.19 bits per heavy atom. The lowest BCUT2D eigenvalue weighted by Crippen LogP contribution is -2.32. The highest BCUT2D eigenvalue weighted by Crippen LogP contribution is 2.17. The molecule has 1 heterocycles. The van der Waals surface area contributed by atoms with Crippen LogP contribution in [0.25, 0.3) is 0 Å². The van der Waals surface area contributed by atoms with Gasteiger partial charge in [0, 0.05) is 12.6 Å². The fourth-order valence-electron chi connectivity index (χ4n) is 1.17. The van der Waals surface area contributed by atoms with Gasteiger partial charge in [0.2, 0.25) is 5.95 Å². The van der Waals surface area contributed by atoms with Gasteiger partial charge in [-0.15, -0.1) is 0 Å². The number of hydrogen-bond donors (Lipinski definition) is 2. The molecule has 1 rings (SSSR count). The number of nitrogens with two attached hydrogens (primary N) is 1. The van der Waals surface area contributed by atoms with Crippen molar-refractivity contribution >= 4 is 23.4 Å². The second-order valence-corrected chi connectivity index (χ2v) is 3.36. The van der Waals surface area contributed by atoms with Crippen molar-refractivity contribution < 1.29 is 13.9 Å². The molecule has 0 aliphatic carbocycles. The summed E-state index contributed by atoms with van der Waals surface area (Å²) in [6, 6.07) is 1.32. The molecule has 0 aliphatic heterocycles. The van der Waals surface area contributed by atoms with Crippen LogP contribution in [-0.4, -0.2) is 41.2 Å². The lowest BCUT2D eigenvalue weighted by atomic mass is 10.4. The number of aromatic nitrogens is 2. The maximum Gasteiger partial charge on any atom is 0.255 e. The number of rotatable bonds is 5. The third-order valence-corrected chi connectivity index (χ3v) is 1.94. The molecule has 3 N–H and O–H groups in total. The summed E-state index contributed by atoms with van der Waals surface area (Å²) < 4.78 is 24.5. The van der Waals surface area contributed by atoms with E-state index in [1.54, 1.807) is 0 Å². The van der Waals surface area contributed by atoms with Crippen LogP contribution in [0.5, 0.6) is 0 Å². The van der Waals surface area contributed by atoms with Gasteiger partial charge in [-0.05, 0) is 0 Å². The molecule has 0 saturated heterocycles. The van der Waals surface area contributed by atoms with Gasteiger partial charge in [-0.2, -0.15) is 4.98 Å². The zero-order chi connectivity index (χ0) is 12.1. The van der Waals surface area contributed by atoms with Gasteiger partial charge in [0.25, 0.3) is 6.43 Å². The van der Waals surface area contributed by atoms with Crippen LogP contribution >= 0.6 is 11.6 Å². The van der Waals surface area contributed by atoms with E-state index in [0.29, 0.717) is 0 Å². The molecule has 0 aromatic carbocycles. The summed E-state index contributed by atoms with van der Waals surface area (Å²) in [6.45, 7) is -0.793. The highest BCUT2D eigenvalue weighted by atomic mass is 35.5. The minimum Gasteiger partial charge on any atom is -0.395 e. The van der Waals surface area contributed by atoms with E-state index in [0.717, 1.165) is 0 Å². The summed E-state index contributed by atoms with van der Waals surface area (Å²) in [7, 11) is 0. The third kappa shape index (κ3) is 3.74. The number of halogens is 3. The lowest BCUT2D eigenvalue weighted by Gasteiger charge is -2.22.